The van der Waals surface area contributed by atoms with Gasteiger partial charge >= 0.3 is 5.69 Å². The van der Waals surface area contributed by atoms with E-state index in [0.717, 1.165) is 25.4 Å². The molecule has 12 heteroatoms. The van der Waals surface area contributed by atoms with Crippen molar-refractivity contribution in [2.75, 3.05) is 0 Å². The largest absolute Gasteiger partial charge is 0.481 e. The fourth-order valence-corrected chi connectivity index (χ4v) is 5.66. The standard InChI is InChI=1S/C26H20Br4N4O4/c1-3-14(2)25-32-22-7-6-17(27)9-20(22)26(35)33(25)31-12-16-8-19(29)11-23(34(36)37)24(16)38-13-15-4-5-18(28)10-21(15)30/h4-12,14H,3,13H2,1-2H3/t14-/m0/s1. The van der Waals surface area contributed by atoms with Crippen LogP contribution in [-0.2, 0) is 6.61 Å². The topological polar surface area (TPSA) is 99.6 Å². The molecule has 8 nitrogen and oxygen atoms in total. The Morgan fingerprint density at radius 2 is 1.79 bits per heavy atom. The Bertz CT molecular complexity index is 1640. The zero-order valence-corrected chi connectivity index (χ0v) is 26.5. The van der Waals surface area contributed by atoms with Gasteiger partial charge < -0.3 is 4.74 Å². The summed E-state index contributed by atoms with van der Waals surface area (Å²) in [5.41, 5.74) is 1.13. The number of hydrogen-bond donors (Lipinski definition) is 0. The molecular formula is C26H20Br4N4O4. The lowest BCUT2D eigenvalue weighted by atomic mass is 10.1. The van der Waals surface area contributed by atoms with Crippen LogP contribution in [0.4, 0.5) is 5.69 Å². The lowest BCUT2D eigenvalue weighted by Gasteiger charge is -2.14. The van der Waals surface area contributed by atoms with Crippen molar-refractivity contribution in [2.24, 2.45) is 5.10 Å². The molecule has 0 aliphatic carbocycles. The minimum atomic E-state index is -0.514. The number of benzene rings is 3. The summed E-state index contributed by atoms with van der Waals surface area (Å²) >= 11 is 13.7. The first-order valence-electron chi connectivity index (χ1n) is 11.4. The van der Waals surface area contributed by atoms with Crippen LogP contribution in [0.2, 0.25) is 0 Å². The molecule has 1 heterocycles. The molecule has 38 heavy (non-hydrogen) atoms. The number of ether oxygens (including phenoxy) is 1. The molecule has 0 aliphatic heterocycles. The van der Waals surface area contributed by atoms with Gasteiger partial charge in [-0.25, -0.2) is 4.98 Å². The van der Waals surface area contributed by atoms with Crippen LogP contribution in [-0.4, -0.2) is 20.8 Å². The van der Waals surface area contributed by atoms with Gasteiger partial charge in [0.25, 0.3) is 5.56 Å². The van der Waals surface area contributed by atoms with Crippen molar-refractivity contribution in [1.82, 2.24) is 9.66 Å². The van der Waals surface area contributed by atoms with E-state index in [9.17, 15) is 14.9 Å². The molecule has 0 radical (unpaired) electrons. The highest BCUT2D eigenvalue weighted by Crippen LogP contribution is 2.35. The van der Waals surface area contributed by atoms with Gasteiger partial charge in [-0.15, -0.1) is 0 Å². The van der Waals surface area contributed by atoms with Crippen molar-refractivity contribution in [3.63, 3.8) is 0 Å². The predicted octanol–water partition coefficient (Wildman–Crippen LogP) is 8.33. The minimum Gasteiger partial charge on any atom is -0.481 e. The monoisotopic (exact) mass is 768 g/mol. The molecule has 0 spiro atoms. The quantitative estimate of drug-likeness (QED) is 0.102. The maximum absolute atomic E-state index is 13.5. The fourth-order valence-electron chi connectivity index (χ4n) is 3.68. The molecule has 4 aromatic rings. The highest BCUT2D eigenvalue weighted by molar-refractivity contribution is 9.11. The smallest absolute Gasteiger partial charge is 0.312 e. The van der Waals surface area contributed by atoms with Crippen molar-refractivity contribution in [3.05, 3.63) is 104 Å². The summed E-state index contributed by atoms with van der Waals surface area (Å²) in [6.45, 7) is 4.04. The van der Waals surface area contributed by atoms with Crippen LogP contribution in [0, 0.1) is 10.1 Å². The predicted molar refractivity (Wildman–Crippen MR) is 162 cm³/mol. The third-order valence-corrected chi connectivity index (χ3v) is 8.03. The lowest BCUT2D eigenvalue weighted by Crippen LogP contribution is -2.23. The number of nitro benzene ring substituents is 1. The number of nitro groups is 1. The summed E-state index contributed by atoms with van der Waals surface area (Å²) in [4.78, 5) is 29.6. The van der Waals surface area contributed by atoms with E-state index in [-0.39, 0.29) is 29.5 Å². The van der Waals surface area contributed by atoms with Crippen molar-refractivity contribution >= 4 is 86.5 Å². The molecule has 0 amide bonds. The summed E-state index contributed by atoms with van der Waals surface area (Å²) in [7, 11) is 0. The normalized spacial score (nSPS) is 12.3. The Morgan fingerprint density at radius 3 is 2.47 bits per heavy atom. The number of fused-ring (bicyclic) bond motifs is 1. The number of halogens is 4. The molecule has 0 saturated heterocycles. The molecule has 0 unspecified atom stereocenters. The van der Waals surface area contributed by atoms with Gasteiger partial charge in [0, 0.05) is 41.0 Å². The zero-order chi connectivity index (χ0) is 27.6. The number of hydrogen-bond acceptors (Lipinski definition) is 6. The van der Waals surface area contributed by atoms with Crippen LogP contribution in [0.1, 0.15) is 43.1 Å². The van der Waals surface area contributed by atoms with Crippen molar-refractivity contribution < 1.29 is 9.66 Å². The minimum absolute atomic E-state index is 0.0337. The van der Waals surface area contributed by atoms with Crippen molar-refractivity contribution in [2.45, 2.75) is 32.8 Å². The lowest BCUT2D eigenvalue weighted by molar-refractivity contribution is -0.386. The summed E-state index contributed by atoms with van der Waals surface area (Å²) in [5, 5.41) is 16.8. The molecule has 3 aromatic carbocycles. The summed E-state index contributed by atoms with van der Waals surface area (Å²) in [5.74, 6) is 0.468. The summed E-state index contributed by atoms with van der Waals surface area (Å²) in [6.07, 6.45) is 2.13. The first-order valence-corrected chi connectivity index (χ1v) is 14.6. The third kappa shape index (κ3) is 6.24. The summed E-state index contributed by atoms with van der Waals surface area (Å²) < 4.78 is 10.1. The number of nitrogens with zero attached hydrogens (tertiary/aromatic N) is 4. The second kappa shape index (κ2) is 12.2. The maximum atomic E-state index is 13.5. The van der Waals surface area contributed by atoms with Crippen LogP contribution >= 0.6 is 63.7 Å². The molecular weight excluding hydrogens is 752 g/mol. The fraction of sp³-hybridized carbons (Fsp3) is 0.192. The Balaban J connectivity index is 1.84. The Hall–Kier alpha value is -2.41. The van der Waals surface area contributed by atoms with Crippen molar-refractivity contribution in [3.8, 4) is 5.75 Å². The Morgan fingerprint density at radius 1 is 1.08 bits per heavy atom. The maximum Gasteiger partial charge on any atom is 0.312 e. The van der Waals surface area contributed by atoms with Gasteiger partial charge in [0.1, 0.15) is 12.4 Å². The van der Waals surface area contributed by atoms with Crippen LogP contribution < -0.4 is 10.3 Å². The van der Waals surface area contributed by atoms with E-state index in [1.165, 1.54) is 17.0 Å². The number of aromatic nitrogens is 2. The van der Waals surface area contributed by atoms with Crippen molar-refractivity contribution in [1.29, 1.82) is 0 Å². The van der Waals surface area contributed by atoms with E-state index >= 15 is 0 Å². The molecule has 4 rings (SSSR count). The van der Waals surface area contributed by atoms with E-state index in [2.05, 4.69) is 68.8 Å². The van der Waals surface area contributed by atoms with E-state index in [1.807, 2.05) is 38.1 Å². The second-order valence-corrected chi connectivity index (χ2v) is 12.0. The van der Waals surface area contributed by atoms with Gasteiger partial charge in [-0.2, -0.15) is 9.78 Å². The van der Waals surface area contributed by atoms with Gasteiger partial charge in [-0.05, 0) is 42.8 Å². The van der Waals surface area contributed by atoms with Gasteiger partial charge in [0.05, 0.1) is 22.0 Å². The average molecular weight is 772 g/mol. The first kappa shape index (κ1) is 28.6. The van der Waals surface area contributed by atoms with Crippen LogP contribution in [0.25, 0.3) is 10.9 Å². The van der Waals surface area contributed by atoms with Crippen LogP contribution in [0.3, 0.4) is 0 Å². The molecule has 1 aromatic heterocycles. The van der Waals surface area contributed by atoms with Crippen LogP contribution in [0.15, 0.2) is 76.3 Å². The molecule has 0 N–H and O–H groups in total. The number of rotatable bonds is 8. The van der Waals surface area contributed by atoms with Gasteiger partial charge in [0.15, 0.2) is 0 Å². The van der Waals surface area contributed by atoms with Gasteiger partial charge in [-0.3, -0.25) is 14.9 Å². The van der Waals surface area contributed by atoms with E-state index in [4.69, 9.17) is 9.72 Å². The Kier molecular flexibility index (Phi) is 9.17. The zero-order valence-electron chi connectivity index (χ0n) is 20.1. The molecule has 0 aliphatic rings. The molecule has 1 atom stereocenters. The molecule has 0 bridgehead atoms. The molecule has 0 fully saturated rings. The second-order valence-electron chi connectivity index (χ2n) is 8.43. The summed E-state index contributed by atoms with van der Waals surface area (Å²) in [6, 6.07) is 13.9. The van der Waals surface area contributed by atoms with E-state index in [0.29, 0.717) is 26.8 Å². The molecule has 196 valence electrons. The first-order chi connectivity index (χ1) is 18.1. The Labute approximate surface area is 251 Å². The van der Waals surface area contributed by atoms with E-state index in [1.54, 1.807) is 18.2 Å². The van der Waals surface area contributed by atoms with Crippen LogP contribution in [0.5, 0.6) is 5.75 Å². The van der Waals surface area contributed by atoms with E-state index < -0.39 is 4.92 Å². The third-order valence-electron chi connectivity index (χ3n) is 5.85. The highest BCUT2D eigenvalue weighted by Gasteiger charge is 2.22. The molecule has 0 saturated carbocycles. The highest BCUT2D eigenvalue weighted by atomic mass is 79.9. The van der Waals surface area contributed by atoms with Gasteiger partial charge in [-0.1, -0.05) is 83.6 Å². The SMILES string of the molecule is CC[C@H](C)c1nc2ccc(Br)cc2c(=O)n1N=Cc1cc(Br)cc([N+](=O)[O-])c1OCc1ccc(Br)cc1Br. The average Bonchev–Trinajstić information content (AvgIpc) is 2.87. The van der Waals surface area contributed by atoms with Gasteiger partial charge in [0.2, 0.25) is 5.75 Å².